The van der Waals surface area contributed by atoms with Crippen LogP contribution in [0.1, 0.15) is 5.56 Å². The molecule has 142 valence electrons. The molecule has 5 aromatic rings. The topological polar surface area (TPSA) is 70.9 Å². The molecule has 1 amide bonds. The largest absolute Gasteiger partial charge is 0.436 e. The molecule has 2 N–H and O–H groups in total. The van der Waals surface area contributed by atoms with Crippen molar-refractivity contribution >= 4 is 45.2 Å². The average Bonchev–Trinajstić information content (AvgIpc) is 3.32. The van der Waals surface area contributed by atoms with Crippen molar-refractivity contribution in [1.82, 2.24) is 9.97 Å². The van der Waals surface area contributed by atoms with Crippen molar-refractivity contribution in [2.75, 3.05) is 5.32 Å². The monoisotopic (exact) mass is 401 g/mol. The lowest BCUT2D eigenvalue weighted by atomic mass is 10.1. The smallest absolute Gasteiger partial charge is 0.228 e. The van der Waals surface area contributed by atoms with Crippen LogP contribution >= 0.6 is 11.6 Å². The summed E-state index contributed by atoms with van der Waals surface area (Å²) in [4.78, 5) is 20.3. The fraction of sp³-hybridized carbons (Fsp3) is 0.0435. The van der Waals surface area contributed by atoms with Gasteiger partial charge in [-0.05, 0) is 48.0 Å². The van der Waals surface area contributed by atoms with Crippen LogP contribution in [0.3, 0.4) is 0 Å². The van der Waals surface area contributed by atoms with E-state index >= 15 is 0 Å². The quantitative estimate of drug-likeness (QED) is 0.399. The predicted octanol–water partition coefficient (Wildman–Crippen LogP) is 5.81. The molecule has 0 spiro atoms. The molecule has 2 aromatic heterocycles. The van der Waals surface area contributed by atoms with Crippen LogP contribution in [-0.4, -0.2) is 15.9 Å². The summed E-state index contributed by atoms with van der Waals surface area (Å²) in [5.74, 6) is 0.400. The number of nitrogens with zero attached hydrogens (tertiary/aromatic N) is 1. The Hall–Kier alpha value is -3.57. The minimum absolute atomic E-state index is 0.0901. The maximum Gasteiger partial charge on any atom is 0.228 e. The number of oxazole rings is 1. The Morgan fingerprint density at radius 3 is 2.86 bits per heavy atom. The molecule has 6 heteroatoms. The molecule has 0 bridgehead atoms. The van der Waals surface area contributed by atoms with Crippen LogP contribution in [0.5, 0.6) is 0 Å². The summed E-state index contributed by atoms with van der Waals surface area (Å²) in [5, 5.41) is 4.62. The number of benzene rings is 3. The number of amides is 1. The number of rotatable bonds is 4. The number of carbonyl (C=O) groups is 1. The lowest BCUT2D eigenvalue weighted by molar-refractivity contribution is -0.115. The number of hydrogen-bond donors (Lipinski definition) is 2. The van der Waals surface area contributed by atoms with Crippen molar-refractivity contribution in [2.24, 2.45) is 0 Å². The molecule has 0 saturated heterocycles. The zero-order chi connectivity index (χ0) is 19.8. The fourth-order valence-corrected chi connectivity index (χ4v) is 3.60. The van der Waals surface area contributed by atoms with Crippen molar-refractivity contribution < 1.29 is 9.21 Å². The first kappa shape index (κ1) is 17.5. The Morgan fingerprint density at radius 2 is 1.97 bits per heavy atom. The van der Waals surface area contributed by atoms with Gasteiger partial charge in [-0.2, -0.15) is 0 Å². The van der Waals surface area contributed by atoms with E-state index < -0.39 is 0 Å². The number of halogens is 1. The molecule has 3 aromatic carbocycles. The predicted molar refractivity (Wildman–Crippen MR) is 115 cm³/mol. The van der Waals surface area contributed by atoms with Gasteiger partial charge >= 0.3 is 0 Å². The number of aromatic nitrogens is 2. The molecule has 0 fully saturated rings. The van der Waals surface area contributed by atoms with Crippen molar-refractivity contribution in [3.05, 3.63) is 83.5 Å². The zero-order valence-electron chi connectivity index (χ0n) is 15.3. The van der Waals surface area contributed by atoms with Crippen molar-refractivity contribution in [1.29, 1.82) is 0 Å². The highest BCUT2D eigenvalue weighted by Gasteiger charge is 2.12. The molecule has 0 unspecified atom stereocenters. The highest BCUT2D eigenvalue weighted by atomic mass is 35.5. The highest BCUT2D eigenvalue weighted by Crippen LogP contribution is 2.28. The number of hydrogen-bond acceptors (Lipinski definition) is 3. The average molecular weight is 402 g/mol. The van der Waals surface area contributed by atoms with Gasteiger partial charge in [-0.3, -0.25) is 4.79 Å². The molecule has 29 heavy (non-hydrogen) atoms. The number of carbonyl (C=O) groups excluding carboxylic acids is 1. The van der Waals surface area contributed by atoms with Gasteiger partial charge in [0.25, 0.3) is 0 Å². The van der Waals surface area contributed by atoms with Gasteiger partial charge in [0.2, 0.25) is 11.8 Å². The lowest BCUT2D eigenvalue weighted by Crippen LogP contribution is -2.14. The molecule has 0 aliphatic heterocycles. The maximum absolute atomic E-state index is 12.5. The van der Waals surface area contributed by atoms with Crippen molar-refractivity contribution in [3.63, 3.8) is 0 Å². The molecular weight excluding hydrogens is 386 g/mol. The van der Waals surface area contributed by atoms with E-state index in [0.29, 0.717) is 27.7 Å². The molecule has 0 aliphatic carbocycles. The second-order valence-corrected chi connectivity index (χ2v) is 7.23. The first-order valence-corrected chi connectivity index (χ1v) is 9.55. The summed E-state index contributed by atoms with van der Waals surface area (Å²) >= 11 is 6.05. The lowest BCUT2D eigenvalue weighted by Gasteiger charge is -2.04. The van der Waals surface area contributed by atoms with E-state index in [4.69, 9.17) is 16.0 Å². The Kier molecular flexibility index (Phi) is 4.30. The maximum atomic E-state index is 12.5. The fourth-order valence-electron chi connectivity index (χ4n) is 3.41. The van der Waals surface area contributed by atoms with Gasteiger partial charge in [0, 0.05) is 33.4 Å². The molecular formula is C23H16ClN3O2. The third-order valence-corrected chi connectivity index (χ3v) is 5.00. The van der Waals surface area contributed by atoms with E-state index in [1.807, 2.05) is 48.7 Å². The third-order valence-electron chi connectivity index (χ3n) is 4.77. The minimum atomic E-state index is -0.0901. The standard InChI is InChI=1S/C23H16ClN3O2/c24-16-5-3-4-14(10-16)23-27-20-12-17(8-9-21(20)29-23)26-22(28)11-15-13-25-19-7-2-1-6-18(15)19/h1-10,12-13,25H,11H2,(H,26,28). The van der Waals surface area contributed by atoms with Gasteiger partial charge in [0.05, 0.1) is 6.42 Å². The van der Waals surface area contributed by atoms with Gasteiger partial charge in [0.1, 0.15) is 5.52 Å². The summed E-state index contributed by atoms with van der Waals surface area (Å²) in [6.45, 7) is 0. The van der Waals surface area contributed by atoms with Crippen LogP contribution in [0, 0.1) is 0 Å². The van der Waals surface area contributed by atoms with Crippen molar-refractivity contribution in [3.8, 4) is 11.5 Å². The summed E-state index contributed by atoms with van der Waals surface area (Å²) in [6.07, 6.45) is 2.16. The molecule has 2 heterocycles. The Morgan fingerprint density at radius 1 is 1.07 bits per heavy atom. The SMILES string of the molecule is O=C(Cc1c[nH]c2ccccc12)Nc1ccc2oc(-c3cccc(Cl)c3)nc2c1. The van der Waals surface area contributed by atoms with E-state index in [-0.39, 0.29) is 12.3 Å². The Bertz CT molecular complexity index is 1350. The van der Waals surface area contributed by atoms with Gasteiger partial charge in [-0.15, -0.1) is 0 Å². The highest BCUT2D eigenvalue weighted by molar-refractivity contribution is 6.30. The number of H-pyrrole nitrogens is 1. The molecule has 5 nitrogen and oxygen atoms in total. The number of nitrogens with one attached hydrogen (secondary N) is 2. The summed E-state index contributed by atoms with van der Waals surface area (Å²) in [6, 6.07) is 20.7. The molecule has 0 aliphatic rings. The van der Waals surface area contributed by atoms with Crippen LogP contribution < -0.4 is 5.32 Å². The van der Waals surface area contributed by atoms with Gasteiger partial charge in [-0.25, -0.2) is 4.98 Å². The number of para-hydroxylation sites is 1. The van der Waals surface area contributed by atoms with E-state index in [2.05, 4.69) is 15.3 Å². The normalized spacial score (nSPS) is 11.2. The Labute approximate surface area is 171 Å². The van der Waals surface area contributed by atoms with E-state index in [9.17, 15) is 4.79 Å². The Balaban J connectivity index is 1.37. The van der Waals surface area contributed by atoms with Gasteiger partial charge in [-0.1, -0.05) is 35.9 Å². The number of anilines is 1. The molecule has 0 atom stereocenters. The van der Waals surface area contributed by atoms with E-state index in [0.717, 1.165) is 22.0 Å². The van der Waals surface area contributed by atoms with Crippen LogP contribution in [-0.2, 0) is 11.2 Å². The molecule has 0 radical (unpaired) electrons. The first-order valence-electron chi connectivity index (χ1n) is 9.17. The molecule has 0 saturated carbocycles. The third kappa shape index (κ3) is 3.48. The van der Waals surface area contributed by atoms with Gasteiger partial charge in [0.15, 0.2) is 5.58 Å². The molecule has 5 rings (SSSR count). The van der Waals surface area contributed by atoms with Crippen LogP contribution in [0.15, 0.2) is 77.3 Å². The minimum Gasteiger partial charge on any atom is -0.436 e. The van der Waals surface area contributed by atoms with E-state index in [1.165, 1.54) is 0 Å². The van der Waals surface area contributed by atoms with Crippen LogP contribution in [0.2, 0.25) is 5.02 Å². The van der Waals surface area contributed by atoms with E-state index in [1.54, 1.807) is 24.3 Å². The van der Waals surface area contributed by atoms with Crippen LogP contribution in [0.25, 0.3) is 33.5 Å². The number of aromatic amines is 1. The van der Waals surface area contributed by atoms with Crippen molar-refractivity contribution in [2.45, 2.75) is 6.42 Å². The summed E-state index contributed by atoms with van der Waals surface area (Å²) in [5.41, 5.74) is 4.78. The second-order valence-electron chi connectivity index (χ2n) is 6.80. The number of fused-ring (bicyclic) bond motifs is 2. The summed E-state index contributed by atoms with van der Waals surface area (Å²) < 4.78 is 5.82. The summed E-state index contributed by atoms with van der Waals surface area (Å²) in [7, 11) is 0. The second kappa shape index (κ2) is 7.11. The van der Waals surface area contributed by atoms with Gasteiger partial charge < -0.3 is 14.7 Å². The first-order chi connectivity index (χ1) is 14.2. The van der Waals surface area contributed by atoms with Crippen LogP contribution in [0.4, 0.5) is 5.69 Å². The zero-order valence-corrected chi connectivity index (χ0v) is 16.0.